The minimum absolute atomic E-state index is 0.146. The summed E-state index contributed by atoms with van der Waals surface area (Å²) in [6.07, 6.45) is 1.92. The quantitative estimate of drug-likeness (QED) is 0.265. The van der Waals surface area contributed by atoms with E-state index in [9.17, 15) is 9.59 Å². The van der Waals surface area contributed by atoms with E-state index in [0.29, 0.717) is 33.6 Å². The summed E-state index contributed by atoms with van der Waals surface area (Å²) in [6, 6.07) is 23.4. The van der Waals surface area contributed by atoms with Crippen LogP contribution in [-0.4, -0.2) is 11.6 Å². The summed E-state index contributed by atoms with van der Waals surface area (Å²) in [5, 5.41) is 6.90. The number of nitrogens with one attached hydrogen (secondary N) is 2. The summed E-state index contributed by atoms with van der Waals surface area (Å²) in [5.74, 6) is -0.292. The summed E-state index contributed by atoms with van der Waals surface area (Å²) in [6.45, 7) is 8.36. The molecule has 0 spiro atoms. The average molecular weight is 475 g/mol. The van der Waals surface area contributed by atoms with Gasteiger partial charge in [-0.1, -0.05) is 62.4 Å². The molecule has 0 heterocycles. The van der Waals surface area contributed by atoms with E-state index in [1.807, 2.05) is 24.3 Å². The van der Waals surface area contributed by atoms with Gasteiger partial charge in [0.2, 0.25) is 0 Å². The Hall–Kier alpha value is -4.18. The van der Waals surface area contributed by atoms with Gasteiger partial charge in [-0.15, -0.1) is 0 Å². The lowest BCUT2D eigenvalue weighted by molar-refractivity contribution is 0.0980. The van der Waals surface area contributed by atoms with Crippen LogP contribution in [0.15, 0.2) is 72.8 Å². The standard InChI is InChI=1S/C32H30N2O2/c1-5-21-11-13-25(19(3)17-21)33-27-15-16-28(34-26-14-12-22(6-2)18-20(26)4)30-29(27)31(35)23-9-7-8-10-24(23)32(30)36/h7-18,33-34H,5-6H2,1-4H3. The number of benzene rings is 4. The molecular weight excluding hydrogens is 444 g/mol. The number of anilines is 4. The highest BCUT2D eigenvalue weighted by molar-refractivity contribution is 6.32. The van der Waals surface area contributed by atoms with Crippen LogP contribution >= 0.6 is 0 Å². The van der Waals surface area contributed by atoms with Gasteiger partial charge in [-0.3, -0.25) is 9.59 Å². The van der Waals surface area contributed by atoms with Gasteiger partial charge in [0.15, 0.2) is 11.6 Å². The molecule has 0 unspecified atom stereocenters. The third kappa shape index (κ3) is 4.09. The van der Waals surface area contributed by atoms with Crippen LogP contribution in [0, 0.1) is 13.8 Å². The van der Waals surface area contributed by atoms with Crippen LogP contribution in [0.2, 0.25) is 0 Å². The van der Waals surface area contributed by atoms with Crippen molar-refractivity contribution < 1.29 is 9.59 Å². The maximum absolute atomic E-state index is 13.8. The van der Waals surface area contributed by atoms with E-state index in [1.165, 1.54) is 11.1 Å². The van der Waals surface area contributed by atoms with E-state index < -0.39 is 0 Å². The van der Waals surface area contributed by atoms with Gasteiger partial charge < -0.3 is 10.6 Å². The van der Waals surface area contributed by atoms with Crippen molar-refractivity contribution in [3.63, 3.8) is 0 Å². The van der Waals surface area contributed by atoms with Gasteiger partial charge in [0.1, 0.15) is 0 Å². The third-order valence-corrected chi connectivity index (χ3v) is 7.01. The van der Waals surface area contributed by atoms with E-state index in [1.54, 1.807) is 24.3 Å². The Bertz CT molecular complexity index is 1400. The largest absolute Gasteiger partial charge is 0.355 e. The number of ketones is 2. The van der Waals surface area contributed by atoms with Crippen LogP contribution in [-0.2, 0) is 12.8 Å². The molecule has 36 heavy (non-hydrogen) atoms. The molecule has 0 radical (unpaired) electrons. The first-order valence-corrected chi connectivity index (χ1v) is 12.5. The SMILES string of the molecule is CCc1ccc(Nc2ccc(Nc3ccc(CC)cc3C)c3c2C(=O)c2ccccc2C3=O)c(C)c1. The summed E-state index contributed by atoms with van der Waals surface area (Å²) >= 11 is 0. The van der Waals surface area contributed by atoms with Crippen LogP contribution in [0.1, 0.15) is 67.9 Å². The van der Waals surface area contributed by atoms with Gasteiger partial charge >= 0.3 is 0 Å². The molecule has 0 atom stereocenters. The van der Waals surface area contributed by atoms with Crippen molar-refractivity contribution >= 4 is 34.3 Å². The number of carbonyl (C=O) groups is 2. The maximum atomic E-state index is 13.8. The van der Waals surface area contributed by atoms with Crippen molar-refractivity contribution in [2.75, 3.05) is 10.6 Å². The fourth-order valence-corrected chi connectivity index (χ4v) is 4.89. The second-order valence-electron chi connectivity index (χ2n) is 9.37. The smallest absolute Gasteiger partial charge is 0.196 e. The summed E-state index contributed by atoms with van der Waals surface area (Å²) < 4.78 is 0. The first-order valence-electron chi connectivity index (χ1n) is 12.5. The number of fused-ring (bicyclic) bond motifs is 2. The third-order valence-electron chi connectivity index (χ3n) is 7.01. The second-order valence-corrected chi connectivity index (χ2v) is 9.37. The van der Waals surface area contributed by atoms with Gasteiger partial charge in [-0.25, -0.2) is 0 Å². The zero-order valence-electron chi connectivity index (χ0n) is 21.2. The van der Waals surface area contributed by atoms with Crippen molar-refractivity contribution in [1.82, 2.24) is 0 Å². The Morgan fingerprint density at radius 2 is 0.944 bits per heavy atom. The molecular formula is C32H30N2O2. The van der Waals surface area contributed by atoms with E-state index in [0.717, 1.165) is 35.3 Å². The first kappa shape index (κ1) is 23.6. The van der Waals surface area contributed by atoms with E-state index in [4.69, 9.17) is 0 Å². The molecule has 4 aromatic rings. The molecule has 180 valence electrons. The number of rotatable bonds is 6. The van der Waals surface area contributed by atoms with Crippen LogP contribution in [0.25, 0.3) is 0 Å². The molecule has 4 aromatic carbocycles. The number of carbonyl (C=O) groups excluding carboxylic acids is 2. The van der Waals surface area contributed by atoms with Crippen LogP contribution in [0.4, 0.5) is 22.7 Å². The Balaban J connectivity index is 1.65. The monoisotopic (exact) mass is 474 g/mol. The van der Waals surface area contributed by atoms with Crippen molar-refractivity contribution in [2.24, 2.45) is 0 Å². The van der Waals surface area contributed by atoms with E-state index in [2.05, 4.69) is 62.6 Å². The molecule has 0 amide bonds. The average Bonchev–Trinajstić information content (AvgIpc) is 2.90. The predicted molar refractivity (Wildman–Crippen MR) is 147 cm³/mol. The highest BCUT2D eigenvalue weighted by atomic mass is 16.1. The summed E-state index contributed by atoms with van der Waals surface area (Å²) in [7, 11) is 0. The van der Waals surface area contributed by atoms with Crippen LogP contribution in [0.5, 0.6) is 0 Å². The van der Waals surface area contributed by atoms with Crippen molar-refractivity contribution in [1.29, 1.82) is 0 Å². The minimum atomic E-state index is -0.146. The molecule has 1 aliphatic rings. The molecule has 5 rings (SSSR count). The topological polar surface area (TPSA) is 58.2 Å². The molecule has 2 N–H and O–H groups in total. The minimum Gasteiger partial charge on any atom is -0.355 e. The summed E-state index contributed by atoms with van der Waals surface area (Å²) in [5.41, 5.74) is 9.49. The zero-order chi connectivity index (χ0) is 25.4. The molecule has 1 aliphatic carbocycles. The molecule has 0 aliphatic heterocycles. The lowest BCUT2D eigenvalue weighted by Crippen LogP contribution is -2.23. The molecule has 0 saturated carbocycles. The molecule has 0 saturated heterocycles. The second kappa shape index (κ2) is 9.46. The Kier molecular flexibility index (Phi) is 6.19. The maximum Gasteiger partial charge on any atom is 0.196 e. The predicted octanol–water partition coefficient (Wildman–Crippen LogP) is 7.69. The molecule has 4 nitrogen and oxygen atoms in total. The zero-order valence-corrected chi connectivity index (χ0v) is 21.2. The van der Waals surface area contributed by atoms with Gasteiger partial charge in [-0.05, 0) is 73.2 Å². The summed E-state index contributed by atoms with van der Waals surface area (Å²) in [4.78, 5) is 27.6. The molecule has 4 heteroatoms. The highest BCUT2D eigenvalue weighted by Gasteiger charge is 2.34. The lowest BCUT2D eigenvalue weighted by atomic mass is 9.82. The number of hydrogen-bond donors (Lipinski definition) is 2. The molecule has 0 fully saturated rings. The van der Waals surface area contributed by atoms with Gasteiger partial charge in [0.25, 0.3) is 0 Å². The lowest BCUT2D eigenvalue weighted by Gasteiger charge is -2.24. The fourth-order valence-electron chi connectivity index (χ4n) is 4.89. The molecule has 0 bridgehead atoms. The van der Waals surface area contributed by atoms with Crippen molar-refractivity contribution in [3.05, 3.63) is 117 Å². The molecule has 0 aromatic heterocycles. The van der Waals surface area contributed by atoms with Crippen molar-refractivity contribution in [3.8, 4) is 0 Å². The van der Waals surface area contributed by atoms with Crippen LogP contribution in [0.3, 0.4) is 0 Å². The fraction of sp³-hybridized carbons (Fsp3) is 0.188. The van der Waals surface area contributed by atoms with E-state index in [-0.39, 0.29) is 11.6 Å². The Labute approximate surface area is 212 Å². The van der Waals surface area contributed by atoms with Crippen molar-refractivity contribution in [2.45, 2.75) is 40.5 Å². The van der Waals surface area contributed by atoms with Crippen LogP contribution < -0.4 is 10.6 Å². The Morgan fingerprint density at radius 1 is 0.556 bits per heavy atom. The first-order chi connectivity index (χ1) is 17.4. The van der Waals surface area contributed by atoms with E-state index >= 15 is 0 Å². The van der Waals surface area contributed by atoms with Gasteiger partial charge in [0.05, 0.1) is 22.5 Å². The van der Waals surface area contributed by atoms with Gasteiger partial charge in [0, 0.05) is 22.5 Å². The number of aryl methyl sites for hydroxylation is 4. The Morgan fingerprint density at radius 3 is 1.31 bits per heavy atom. The number of hydrogen-bond acceptors (Lipinski definition) is 4. The normalized spacial score (nSPS) is 12.2. The highest BCUT2D eigenvalue weighted by Crippen LogP contribution is 2.39. The van der Waals surface area contributed by atoms with Gasteiger partial charge in [-0.2, -0.15) is 0 Å².